The van der Waals surface area contributed by atoms with Gasteiger partial charge in [-0.1, -0.05) is 0 Å². The van der Waals surface area contributed by atoms with Crippen molar-refractivity contribution in [3.05, 3.63) is 0 Å². The quantitative estimate of drug-likeness (QED) is 0.414. The zero-order valence-corrected chi connectivity index (χ0v) is 16.2. The summed E-state index contributed by atoms with van der Waals surface area (Å²) in [6.07, 6.45) is 7.72. The van der Waals surface area contributed by atoms with Gasteiger partial charge in [-0.05, 0) is 38.5 Å². The van der Waals surface area contributed by atoms with Gasteiger partial charge in [-0.15, -0.1) is 0 Å². The van der Waals surface area contributed by atoms with Gasteiger partial charge in [0.25, 0.3) is 0 Å². The average Bonchev–Trinajstić information content (AvgIpc) is 3.27. The van der Waals surface area contributed by atoms with E-state index in [1.54, 1.807) is 4.80 Å². The maximum atomic E-state index is 4.79. The van der Waals surface area contributed by atoms with Crippen LogP contribution in [0.4, 0.5) is 17.3 Å². The Morgan fingerprint density at radius 3 is 1.39 bits per heavy atom. The van der Waals surface area contributed by atoms with Crippen LogP contribution in [-0.2, 0) is 7.05 Å². The summed E-state index contributed by atoms with van der Waals surface area (Å²) in [6, 6.07) is 0. The second-order valence-corrected chi connectivity index (χ2v) is 6.77. The molecule has 3 aliphatic heterocycles. The van der Waals surface area contributed by atoms with E-state index in [1.807, 2.05) is 7.05 Å². The number of anilines is 3. The molecule has 6 nitrogen and oxygen atoms in total. The van der Waals surface area contributed by atoms with Gasteiger partial charge in [0.1, 0.15) is 5.69 Å². The fraction of sp³-hybridized carbons (Fsp3) is 0.812. The number of hydrogen-bond donors (Lipinski definition) is 0. The molecule has 4 rings (SSSR count). The molecule has 0 saturated carbocycles. The van der Waals surface area contributed by atoms with Gasteiger partial charge in [0, 0.05) is 54.3 Å². The first kappa shape index (κ1) is 17.0. The van der Waals surface area contributed by atoms with Crippen LogP contribution in [0.5, 0.6) is 0 Å². The predicted octanol–water partition coefficient (Wildman–Crippen LogP) is -1.89. The highest BCUT2D eigenvalue weighted by atomic mass is 127. The number of aryl methyl sites for hydroxylation is 1. The van der Waals surface area contributed by atoms with Crippen LogP contribution in [0.1, 0.15) is 38.5 Å². The number of aromatic nitrogens is 3. The zero-order valence-electron chi connectivity index (χ0n) is 14.0. The van der Waals surface area contributed by atoms with Crippen LogP contribution in [-0.4, -0.2) is 49.5 Å². The second kappa shape index (κ2) is 7.36. The van der Waals surface area contributed by atoms with Crippen molar-refractivity contribution in [3.63, 3.8) is 0 Å². The Hall–Kier alpha value is -0.860. The van der Waals surface area contributed by atoms with Gasteiger partial charge >= 0.3 is 0 Å². The van der Waals surface area contributed by atoms with Crippen LogP contribution in [0.25, 0.3) is 0 Å². The van der Waals surface area contributed by atoms with Gasteiger partial charge in [0.05, 0.1) is 0 Å². The third-order valence-electron chi connectivity index (χ3n) is 5.14. The lowest BCUT2D eigenvalue weighted by molar-refractivity contribution is -0.784. The van der Waals surface area contributed by atoms with Crippen LogP contribution in [0.2, 0.25) is 0 Å². The molecule has 0 unspecified atom stereocenters. The molecule has 128 valence electrons. The van der Waals surface area contributed by atoms with Crippen molar-refractivity contribution in [1.82, 2.24) is 10.2 Å². The maximum absolute atomic E-state index is 4.79. The normalized spacial score (nSPS) is 21.2. The highest BCUT2D eigenvalue weighted by Gasteiger charge is 2.33. The fourth-order valence-corrected chi connectivity index (χ4v) is 4.00. The summed E-state index contributed by atoms with van der Waals surface area (Å²) in [5.41, 5.74) is 1.31. The van der Waals surface area contributed by atoms with E-state index in [-0.39, 0.29) is 24.0 Å². The van der Waals surface area contributed by atoms with Crippen molar-refractivity contribution in [2.24, 2.45) is 7.05 Å². The summed E-state index contributed by atoms with van der Waals surface area (Å²) >= 11 is 0. The highest BCUT2D eigenvalue weighted by molar-refractivity contribution is 5.79. The van der Waals surface area contributed by atoms with E-state index in [1.165, 1.54) is 55.8 Å². The Bertz CT molecular complexity index is 496. The van der Waals surface area contributed by atoms with E-state index in [4.69, 9.17) is 10.2 Å². The van der Waals surface area contributed by atoms with Crippen molar-refractivity contribution >= 4 is 17.3 Å². The zero-order chi connectivity index (χ0) is 14.9. The Balaban J connectivity index is 0.00000156. The summed E-state index contributed by atoms with van der Waals surface area (Å²) in [4.78, 5) is 9.24. The first-order chi connectivity index (χ1) is 10.8. The minimum absolute atomic E-state index is 0. The SMILES string of the molecule is C[n+]1nc(N2CCCC2)c(N2CCCC2)c(N2CCCC2)n1.[I-]. The van der Waals surface area contributed by atoms with E-state index in [2.05, 4.69) is 14.7 Å². The van der Waals surface area contributed by atoms with Crippen LogP contribution in [0.3, 0.4) is 0 Å². The lowest BCUT2D eigenvalue weighted by Gasteiger charge is -2.28. The molecule has 1 aromatic heterocycles. The molecular formula is C16H27IN6. The largest absolute Gasteiger partial charge is 1.00 e. The molecule has 0 aromatic carbocycles. The van der Waals surface area contributed by atoms with Crippen molar-refractivity contribution in [2.75, 3.05) is 54.0 Å². The summed E-state index contributed by atoms with van der Waals surface area (Å²) in [6.45, 7) is 6.85. The summed E-state index contributed by atoms with van der Waals surface area (Å²) in [5.74, 6) is 2.33. The molecule has 0 aliphatic carbocycles. The fourth-order valence-electron chi connectivity index (χ4n) is 4.00. The van der Waals surface area contributed by atoms with Crippen molar-refractivity contribution in [3.8, 4) is 0 Å². The van der Waals surface area contributed by atoms with Gasteiger partial charge in [0.15, 0.2) is 7.05 Å². The van der Waals surface area contributed by atoms with Gasteiger partial charge in [-0.3, -0.25) is 0 Å². The molecule has 7 heteroatoms. The minimum atomic E-state index is 0. The maximum Gasteiger partial charge on any atom is 0.226 e. The smallest absolute Gasteiger partial charge is 0.226 e. The Labute approximate surface area is 155 Å². The highest BCUT2D eigenvalue weighted by Crippen LogP contribution is 2.38. The topological polar surface area (TPSA) is 39.4 Å². The molecule has 1 aromatic rings. The second-order valence-electron chi connectivity index (χ2n) is 6.77. The molecule has 0 bridgehead atoms. The summed E-state index contributed by atoms with van der Waals surface area (Å²) in [5, 5.41) is 9.59. The molecular weight excluding hydrogens is 403 g/mol. The predicted molar refractivity (Wildman–Crippen MR) is 87.5 cm³/mol. The Kier molecular flexibility index (Phi) is 5.43. The number of hydrogen-bond acceptors (Lipinski definition) is 5. The van der Waals surface area contributed by atoms with Crippen LogP contribution in [0.15, 0.2) is 0 Å². The first-order valence-corrected chi connectivity index (χ1v) is 8.86. The molecule has 3 aliphatic rings. The lowest BCUT2D eigenvalue weighted by Crippen LogP contribution is -3.00. The van der Waals surface area contributed by atoms with Gasteiger partial charge in [-0.25, -0.2) is 0 Å². The van der Waals surface area contributed by atoms with Gasteiger partial charge in [0.2, 0.25) is 11.6 Å². The van der Waals surface area contributed by atoms with Gasteiger partial charge in [-0.2, -0.15) is 0 Å². The minimum Gasteiger partial charge on any atom is -1.00 e. The van der Waals surface area contributed by atoms with Crippen LogP contribution < -0.4 is 43.5 Å². The van der Waals surface area contributed by atoms with Gasteiger partial charge < -0.3 is 38.7 Å². The van der Waals surface area contributed by atoms with Crippen molar-refractivity contribution in [2.45, 2.75) is 38.5 Å². The molecule has 0 N–H and O–H groups in total. The molecule has 3 saturated heterocycles. The number of halogens is 1. The Morgan fingerprint density at radius 1 is 0.652 bits per heavy atom. The summed E-state index contributed by atoms with van der Waals surface area (Å²) < 4.78 is 0. The third kappa shape index (κ3) is 3.34. The van der Waals surface area contributed by atoms with E-state index in [0.717, 1.165) is 39.3 Å². The molecule has 0 spiro atoms. The van der Waals surface area contributed by atoms with E-state index >= 15 is 0 Å². The van der Waals surface area contributed by atoms with E-state index in [9.17, 15) is 0 Å². The first-order valence-electron chi connectivity index (χ1n) is 8.86. The molecule has 23 heavy (non-hydrogen) atoms. The monoisotopic (exact) mass is 430 g/mol. The van der Waals surface area contributed by atoms with E-state index < -0.39 is 0 Å². The van der Waals surface area contributed by atoms with E-state index in [0.29, 0.717) is 0 Å². The van der Waals surface area contributed by atoms with Crippen LogP contribution in [0, 0.1) is 0 Å². The Morgan fingerprint density at radius 2 is 1.00 bits per heavy atom. The molecule has 0 radical (unpaired) electrons. The molecule has 4 heterocycles. The van der Waals surface area contributed by atoms with Crippen LogP contribution >= 0.6 is 0 Å². The third-order valence-corrected chi connectivity index (χ3v) is 5.14. The standard InChI is InChI=1S/C16H27N6.HI/c1-19-17-15(21-10-4-5-11-21)14(20-8-2-3-9-20)16(18-19)22-12-6-7-13-22;/h2-13H2,1H3;1H/q+1;/p-1. The molecule has 0 amide bonds. The van der Waals surface area contributed by atoms with Crippen molar-refractivity contribution < 1.29 is 28.8 Å². The van der Waals surface area contributed by atoms with Crippen molar-refractivity contribution in [1.29, 1.82) is 0 Å². The molecule has 3 fully saturated rings. The average molecular weight is 430 g/mol. The number of nitrogens with zero attached hydrogens (tertiary/aromatic N) is 6. The molecule has 0 atom stereocenters. The summed E-state index contributed by atoms with van der Waals surface area (Å²) in [7, 11) is 1.97. The lowest BCUT2D eigenvalue weighted by atomic mass is 10.3. The number of rotatable bonds is 3.